The molecule has 0 spiro atoms. The smallest absolute Gasteiger partial charge is 0.146 e. The van der Waals surface area contributed by atoms with Gasteiger partial charge >= 0.3 is 0 Å². The molecule has 0 N–H and O–H groups in total. The Morgan fingerprint density at radius 2 is 1.95 bits per heavy atom. The first-order chi connectivity index (χ1) is 9.99. The highest BCUT2D eigenvalue weighted by Crippen LogP contribution is 2.17. The molecule has 0 aliphatic heterocycles. The molecule has 108 valence electrons. The fourth-order valence-corrected chi connectivity index (χ4v) is 2.19. The van der Waals surface area contributed by atoms with Crippen LogP contribution in [0.2, 0.25) is 0 Å². The molecule has 1 aromatic heterocycles. The standard InChI is InChI=1S/C18H18FNO/c1-12-4-6-17(18(19)8-12)10-15(11-21)9-16-7-5-13(2)20-14(16)3/h4-9,11H,10H2,1-3H3/b15-9-. The zero-order valence-electron chi connectivity index (χ0n) is 12.5. The second-order valence-electron chi connectivity index (χ2n) is 5.24. The summed E-state index contributed by atoms with van der Waals surface area (Å²) in [5.41, 5.74) is 4.60. The van der Waals surface area contributed by atoms with Crippen LogP contribution < -0.4 is 0 Å². The summed E-state index contributed by atoms with van der Waals surface area (Å²) >= 11 is 0. The first kappa shape index (κ1) is 15.1. The molecular formula is C18H18FNO. The van der Waals surface area contributed by atoms with Gasteiger partial charge in [-0.05, 0) is 61.2 Å². The van der Waals surface area contributed by atoms with Crippen LogP contribution in [-0.2, 0) is 11.2 Å². The van der Waals surface area contributed by atoms with E-state index < -0.39 is 0 Å². The Labute approximate surface area is 124 Å². The molecule has 0 saturated heterocycles. The zero-order chi connectivity index (χ0) is 15.4. The molecule has 21 heavy (non-hydrogen) atoms. The summed E-state index contributed by atoms with van der Waals surface area (Å²) in [7, 11) is 0. The van der Waals surface area contributed by atoms with Crippen LogP contribution in [0.25, 0.3) is 6.08 Å². The number of aldehydes is 1. The highest BCUT2D eigenvalue weighted by atomic mass is 19.1. The summed E-state index contributed by atoms with van der Waals surface area (Å²) < 4.78 is 13.9. The summed E-state index contributed by atoms with van der Waals surface area (Å²) in [6, 6.07) is 8.87. The molecule has 1 heterocycles. The number of aryl methyl sites for hydroxylation is 3. The van der Waals surface area contributed by atoms with E-state index in [4.69, 9.17) is 0 Å². The number of hydrogen-bond acceptors (Lipinski definition) is 2. The third-order valence-electron chi connectivity index (χ3n) is 3.36. The van der Waals surface area contributed by atoms with Crippen molar-refractivity contribution < 1.29 is 9.18 Å². The maximum Gasteiger partial charge on any atom is 0.146 e. The van der Waals surface area contributed by atoms with Crippen LogP contribution in [0.5, 0.6) is 0 Å². The molecule has 0 saturated carbocycles. The summed E-state index contributed by atoms with van der Waals surface area (Å²) in [4.78, 5) is 15.6. The third-order valence-corrected chi connectivity index (χ3v) is 3.36. The van der Waals surface area contributed by atoms with Gasteiger partial charge in [0.05, 0.1) is 0 Å². The minimum absolute atomic E-state index is 0.276. The van der Waals surface area contributed by atoms with E-state index in [9.17, 15) is 9.18 Å². The summed E-state index contributed by atoms with van der Waals surface area (Å²) in [6.45, 7) is 5.65. The number of carbonyl (C=O) groups is 1. The van der Waals surface area contributed by atoms with Gasteiger partial charge in [-0.15, -0.1) is 0 Å². The number of rotatable bonds is 4. The van der Waals surface area contributed by atoms with Crippen molar-refractivity contribution in [3.05, 3.63) is 69.8 Å². The second-order valence-corrected chi connectivity index (χ2v) is 5.24. The van der Waals surface area contributed by atoms with E-state index >= 15 is 0 Å². The summed E-state index contributed by atoms with van der Waals surface area (Å²) in [5, 5.41) is 0. The van der Waals surface area contributed by atoms with Crippen LogP contribution in [-0.4, -0.2) is 11.3 Å². The van der Waals surface area contributed by atoms with E-state index in [1.165, 1.54) is 6.07 Å². The molecule has 0 radical (unpaired) electrons. The van der Waals surface area contributed by atoms with Crippen LogP contribution in [0.3, 0.4) is 0 Å². The van der Waals surface area contributed by atoms with Crippen LogP contribution in [0.1, 0.15) is 28.1 Å². The monoisotopic (exact) mass is 283 g/mol. The number of halogens is 1. The maximum atomic E-state index is 13.9. The minimum Gasteiger partial charge on any atom is -0.298 e. The Balaban J connectivity index is 2.31. The molecule has 0 bridgehead atoms. The predicted octanol–water partition coefficient (Wildman–Crippen LogP) is 3.97. The minimum atomic E-state index is -0.276. The first-order valence-electron chi connectivity index (χ1n) is 6.84. The van der Waals surface area contributed by atoms with Crippen molar-refractivity contribution in [3.8, 4) is 0 Å². The van der Waals surface area contributed by atoms with Crippen LogP contribution >= 0.6 is 0 Å². The SMILES string of the molecule is Cc1ccc(C/C(C=O)=C/c2ccc(C)nc2C)c(F)c1. The molecule has 2 aromatic rings. The van der Waals surface area contributed by atoms with Gasteiger partial charge in [0.15, 0.2) is 0 Å². The number of nitrogens with zero attached hydrogens (tertiary/aromatic N) is 1. The first-order valence-corrected chi connectivity index (χ1v) is 6.84. The Morgan fingerprint density at radius 3 is 2.57 bits per heavy atom. The van der Waals surface area contributed by atoms with Gasteiger partial charge in [0.2, 0.25) is 0 Å². The zero-order valence-corrected chi connectivity index (χ0v) is 12.5. The largest absolute Gasteiger partial charge is 0.298 e. The molecule has 1 aromatic carbocycles. The molecule has 0 unspecified atom stereocenters. The molecule has 0 fully saturated rings. The average Bonchev–Trinajstić information content (AvgIpc) is 2.43. The third kappa shape index (κ3) is 3.85. The number of aromatic nitrogens is 1. The maximum absolute atomic E-state index is 13.9. The van der Waals surface area contributed by atoms with Gasteiger partial charge in [-0.2, -0.15) is 0 Å². The van der Waals surface area contributed by atoms with Gasteiger partial charge in [-0.3, -0.25) is 9.78 Å². The quantitative estimate of drug-likeness (QED) is 0.627. The Kier molecular flexibility index (Phi) is 4.63. The van der Waals surface area contributed by atoms with Crippen molar-refractivity contribution in [2.45, 2.75) is 27.2 Å². The highest BCUT2D eigenvalue weighted by Gasteiger charge is 2.06. The van der Waals surface area contributed by atoms with Gasteiger partial charge in [-0.1, -0.05) is 18.2 Å². The summed E-state index contributed by atoms with van der Waals surface area (Å²) in [6.07, 6.45) is 2.83. The predicted molar refractivity (Wildman–Crippen MR) is 82.6 cm³/mol. The molecule has 2 nitrogen and oxygen atoms in total. The highest BCUT2D eigenvalue weighted by molar-refractivity contribution is 5.82. The van der Waals surface area contributed by atoms with Crippen LogP contribution in [0, 0.1) is 26.6 Å². The molecular weight excluding hydrogens is 265 g/mol. The lowest BCUT2D eigenvalue weighted by molar-refractivity contribution is -0.104. The number of allylic oxidation sites excluding steroid dienone is 1. The van der Waals surface area contributed by atoms with Gasteiger partial charge in [0, 0.05) is 17.8 Å². The number of pyridine rings is 1. The Morgan fingerprint density at radius 1 is 1.19 bits per heavy atom. The van der Waals surface area contributed by atoms with Crippen LogP contribution in [0.15, 0.2) is 35.9 Å². The molecule has 0 aliphatic rings. The van der Waals surface area contributed by atoms with Crippen molar-refractivity contribution in [2.24, 2.45) is 0 Å². The molecule has 0 aliphatic carbocycles. The van der Waals surface area contributed by atoms with E-state index in [0.29, 0.717) is 11.1 Å². The number of carbonyl (C=O) groups excluding carboxylic acids is 1. The van der Waals surface area contributed by atoms with Gasteiger partial charge in [-0.25, -0.2) is 4.39 Å². The second kappa shape index (κ2) is 6.44. The summed E-state index contributed by atoms with van der Waals surface area (Å²) in [5.74, 6) is -0.276. The lowest BCUT2D eigenvalue weighted by Gasteiger charge is -2.06. The van der Waals surface area contributed by atoms with Gasteiger partial charge in [0.25, 0.3) is 0 Å². The number of hydrogen-bond donors (Lipinski definition) is 0. The van der Waals surface area contributed by atoms with E-state index in [1.807, 2.05) is 39.0 Å². The van der Waals surface area contributed by atoms with Crippen LogP contribution in [0.4, 0.5) is 4.39 Å². The lowest BCUT2D eigenvalue weighted by Crippen LogP contribution is -1.97. The fraction of sp³-hybridized carbons (Fsp3) is 0.222. The Bertz CT molecular complexity index is 704. The topological polar surface area (TPSA) is 30.0 Å². The van der Waals surface area contributed by atoms with Crippen molar-refractivity contribution in [3.63, 3.8) is 0 Å². The van der Waals surface area contributed by atoms with Gasteiger partial charge in [0.1, 0.15) is 12.1 Å². The van der Waals surface area contributed by atoms with Crippen molar-refractivity contribution in [2.75, 3.05) is 0 Å². The molecule has 0 amide bonds. The average molecular weight is 283 g/mol. The Hall–Kier alpha value is -2.29. The normalized spacial score (nSPS) is 11.5. The molecule has 3 heteroatoms. The van der Waals surface area contributed by atoms with Crippen molar-refractivity contribution in [1.29, 1.82) is 0 Å². The van der Waals surface area contributed by atoms with E-state index in [2.05, 4.69) is 4.98 Å². The lowest BCUT2D eigenvalue weighted by atomic mass is 10.0. The molecule has 0 atom stereocenters. The number of benzene rings is 1. The van der Waals surface area contributed by atoms with Crippen molar-refractivity contribution in [1.82, 2.24) is 4.98 Å². The van der Waals surface area contributed by atoms with Crippen molar-refractivity contribution >= 4 is 12.4 Å². The fourth-order valence-electron chi connectivity index (χ4n) is 2.19. The van der Waals surface area contributed by atoms with Gasteiger partial charge < -0.3 is 0 Å². The van der Waals surface area contributed by atoms with E-state index in [0.717, 1.165) is 28.8 Å². The van der Waals surface area contributed by atoms with E-state index in [-0.39, 0.29) is 12.2 Å². The molecule has 2 rings (SSSR count). The van der Waals surface area contributed by atoms with E-state index in [1.54, 1.807) is 12.1 Å².